The number of hydrogen-bond acceptors (Lipinski definition) is 0. The molecule has 0 aliphatic heterocycles. The summed E-state index contributed by atoms with van der Waals surface area (Å²) < 4.78 is 0. The van der Waals surface area contributed by atoms with E-state index in [4.69, 9.17) is 0 Å². The van der Waals surface area contributed by atoms with Gasteiger partial charge in [-0.05, 0) is 38.0 Å². The van der Waals surface area contributed by atoms with Crippen LogP contribution >= 0.6 is 0 Å². The van der Waals surface area contributed by atoms with E-state index >= 15 is 0 Å². The van der Waals surface area contributed by atoms with Gasteiger partial charge in [0.25, 0.3) is 0 Å². The molecule has 0 nitrogen and oxygen atoms in total. The van der Waals surface area contributed by atoms with Gasteiger partial charge in [0.05, 0.1) is 0 Å². The van der Waals surface area contributed by atoms with Crippen molar-refractivity contribution in [1.82, 2.24) is 0 Å². The van der Waals surface area contributed by atoms with E-state index in [0.29, 0.717) is 5.41 Å². The van der Waals surface area contributed by atoms with Crippen molar-refractivity contribution in [3.63, 3.8) is 0 Å². The maximum Gasteiger partial charge on any atom is -0.0145 e. The minimum Gasteiger partial charge on any atom is -0.0710 e. The molecule has 0 unspecified atom stereocenters. The van der Waals surface area contributed by atoms with Crippen molar-refractivity contribution in [3.8, 4) is 0 Å². The Morgan fingerprint density at radius 1 is 1.36 bits per heavy atom. The minimum atomic E-state index is 0.490. The van der Waals surface area contributed by atoms with Crippen LogP contribution in [0.25, 0.3) is 0 Å². The third-order valence-corrected chi connectivity index (χ3v) is 3.25. The minimum absolute atomic E-state index is 0.490. The molecule has 1 rings (SSSR count). The smallest absolute Gasteiger partial charge is 0.0145 e. The number of rotatable bonds is 1. The van der Waals surface area contributed by atoms with E-state index in [1.807, 2.05) is 0 Å². The molecule has 1 aliphatic rings. The molecule has 64 valence electrons. The van der Waals surface area contributed by atoms with Crippen molar-refractivity contribution in [3.05, 3.63) is 11.1 Å². The van der Waals surface area contributed by atoms with Crippen molar-refractivity contribution in [2.24, 2.45) is 5.41 Å². The molecule has 11 heavy (non-hydrogen) atoms. The molecule has 0 aromatic carbocycles. The van der Waals surface area contributed by atoms with E-state index in [0.717, 1.165) is 0 Å². The Bertz CT molecular complexity index is 172. The summed E-state index contributed by atoms with van der Waals surface area (Å²) in [6.45, 7) is 9.34. The standard InChI is InChI=1S/C11H20/c1-5-10-7-6-8-11(3,4)9(10)2/h5-8H2,1-4H3. The summed E-state index contributed by atoms with van der Waals surface area (Å²) in [5.41, 5.74) is 3.86. The van der Waals surface area contributed by atoms with Crippen molar-refractivity contribution in [2.75, 3.05) is 0 Å². The Kier molecular flexibility index (Phi) is 2.41. The summed E-state index contributed by atoms with van der Waals surface area (Å²) in [6.07, 6.45) is 5.39. The van der Waals surface area contributed by atoms with E-state index in [1.54, 1.807) is 11.1 Å². The Hall–Kier alpha value is -0.260. The van der Waals surface area contributed by atoms with Crippen molar-refractivity contribution < 1.29 is 0 Å². The van der Waals surface area contributed by atoms with Gasteiger partial charge in [0.15, 0.2) is 0 Å². The van der Waals surface area contributed by atoms with Crippen LogP contribution in [0.1, 0.15) is 53.4 Å². The Balaban J connectivity index is 2.89. The van der Waals surface area contributed by atoms with Gasteiger partial charge in [0.2, 0.25) is 0 Å². The van der Waals surface area contributed by atoms with Gasteiger partial charge in [0, 0.05) is 0 Å². The van der Waals surface area contributed by atoms with Crippen LogP contribution in [0.2, 0.25) is 0 Å². The second-order valence-corrected chi connectivity index (χ2v) is 4.32. The Labute approximate surface area is 70.7 Å². The highest BCUT2D eigenvalue weighted by atomic mass is 14.3. The first-order valence-corrected chi connectivity index (χ1v) is 4.77. The summed E-state index contributed by atoms with van der Waals surface area (Å²) in [5, 5.41) is 0. The normalized spacial score (nSPS) is 24.0. The molecule has 0 aromatic rings. The van der Waals surface area contributed by atoms with Crippen LogP contribution in [-0.2, 0) is 0 Å². The van der Waals surface area contributed by atoms with Gasteiger partial charge >= 0.3 is 0 Å². The lowest BCUT2D eigenvalue weighted by Gasteiger charge is -2.33. The van der Waals surface area contributed by atoms with Crippen LogP contribution in [0.4, 0.5) is 0 Å². The summed E-state index contributed by atoms with van der Waals surface area (Å²) in [5.74, 6) is 0. The fraction of sp³-hybridized carbons (Fsp3) is 0.818. The highest BCUT2D eigenvalue weighted by Crippen LogP contribution is 2.40. The molecule has 0 saturated heterocycles. The molecule has 0 N–H and O–H groups in total. The molecular formula is C11H20. The first-order chi connectivity index (χ1) is 5.08. The second-order valence-electron chi connectivity index (χ2n) is 4.32. The number of hydrogen-bond donors (Lipinski definition) is 0. The first-order valence-electron chi connectivity index (χ1n) is 4.77. The molecule has 0 heteroatoms. The zero-order chi connectivity index (χ0) is 8.48. The predicted octanol–water partition coefficient (Wildman–Crippen LogP) is 3.92. The van der Waals surface area contributed by atoms with Crippen molar-refractivity contribution in [2.45, 2.75) is 53.4 Å². The van der Waals surface area contributed by atoms with Crippen LogP contribution in [-0.4, -0.2) is 0 Å². The fourth-order valence-corrected chi connectivity index (χ4v) is 2.04. The average Bonchev–Trinajstić information content (AvgIpc) is 1.95. The summed E-state index contributed by atoms with van der Waals surface area (Å²) in [6, 6.07) is 0. The Morgan fingerprint density at radius 3 is 2.45 bits per heavy atom. The highest BCUT2D eigenvalue weighted by Gasteiger charge is 2.25. The maximum atomic E-state index is 2.37. The molecule has 0 atom stereocenters. The van der Waals surface area contributed by atoms with Crippen molar-refractivity contribution in [1.29, 1.82) is 0 Å². The molecule has 0 radical (unpaired) electrons. The molecular weight excluding hydrogens is 132 g/mol. The van der Waals surface area contributed by atoms with E-state index in [2.05, 4.69) is 27.7 Å². The molecule has 0 saturated carbocycles. The summed E-state index contributed by atoms with van der Waals surface area (Å²) in [4.78, 5) is 0. The van der Waals surface area contributed by atoms with E-state index in [1.165, 1.54) is 25.7 Å². The molecule has 0 heterocycles. The van der Waals surface area contributed by atoms with Crippen LogP contribution in [0.5, 0.6) is 0 Å². The Morgan fingerprint density at radius 2 is 2.00 bits per heavy atom. The lowest BCUT2D eigenvalue weighted by atomic mass is 9.73. The van der Waals surface area contributed by atoms with Crippen LogP contribution in [0, 0.1) is 5.41 Å². The summed E-state index contributed by atoms with van der Waals surface area (Å²) >= 11 is 0. The van der Waals surface area contributed by atoms with E-state index in [9.17, 15) is 0 Å². The molecule has 0 fully saturated rings. The monoisotopic (exact) mass is 152 g/mol. The van der Waals surface area contributed by atoms with Gasteiger partial charge in [-0.1, -0.05) is 31.9 Å². The molecule has 0 aromatic heterocycles. The third-order valence-electron chi connectivity index (χ3n) is 3.25. The summed E-state index contributed by atoms with van der Waals surface area (Å²) in [7, 11) is 0. The van der Waals surface area contributed by atoms with Gasteiger partial charge < -0.3 is 0 Å². The number of allylic oxidation sites excluding steroid dienone is 2. The largest absolute Gasteiger partial charge is 0.0710 e. The van der Waals surface area contributed by atoms with Crippen LogP contribution in [0.15, 0.2) is 11.1 Å². The second kappa shape index (κ2) is 3.00. The van der Waals surface area contributed by atoms with E-state index in [-0.39, 0.29) is 0 Å². The molecule has 0 amide bonds. The van der Waals surface area contributed by atoms with Gasteiger partial charge in [-0.25, -0.2) is 0 Å². The molecule has 1 aliphatic carbocycles. The lowest BCUT2D eigenvalue weighted by Crippen LogP contribution is -2.18. The molecule has 0 spiro atoms. The van der Waals surface area contributed by atoms with Crippen molar-refractivity contribution >= 4 is 0 Å². The molecule has 0 bridgehead atoms. The van der Waals surface area contributed by atoms with Crippen LogP contribution < -0.4 is 0 Å². The van der Waals surface area contributed by atoms with Gasteiger partial charge in [-0.3, -0.25) is 0 Å². The zero-order valence-electron chi connectivity index (χ0n) is 8.33. The third kappa shape index (κ3) is 1.66. The predicted molar refractivity (Wildman–Crippen MR) is 50.6 cm³/mol. The average molecular weight is 152 g/mol. The van der Waals surface area contributed by atoms with E-state index < -0.39 is 0 Å². The van der Waals surface area contributed by atoms with Crippen LogP contribution in [0.3, 0.4) is 0 Å². The van der Waals surface area contributed by atoms with Gasteiger partial charge in [-0.2, -0.15) is 0 Å². The topological polar surface area (TPSA) is 0 Å². The quantitative estimate of drug-likeness (QED) is 0.499. The fourth-order valence-electron chi connectivity index (χ4n) is 2.04. The first kappa shape index (κ1) is 8.83. The lowest BCUT2D eigenvalue weighted by molar-refractivity contribution is 0.364. The van der Waals surface area contributed by atoms with Gasteiger partial charge in [-0.15, -0.1) is 0 Å². The SMILES string of the molecule is CCC1=C(C)C(C)(C)CCC1. The van der Waals surface area contributed by atoms with Gasteiger partial charge in [0.1, 0.15) is 0 Å². The zero-order valence-corrected chi connectivity index (χ0v) is 8.33. The highest BCUT2D eigenvalue weighted by molar-refractivity contribution is 5.21. The maximum absolute atomic E-state index is 2.37.